The van der Waals surface area contributed by atoms with Crippen LogP contribution in [0.1, 0.15) is 31.9 Å². The molecule has 5 heteroatoms. The predicted octanol–water partition coefficient (Wildman–Crippen LogP) is 2.83. The number of ether oxygens (including phenoxy) is 3. The van der Waals surface area contributed by atoms with Gasteiger partial charge in [-0.3, -0.25) is 4.79 Å². The zero-order valence-corrected chi connectivity index (χ0v) is 14.4. The van der Waals surface area contributed by atoms with Crippen molar-refractivity contribution in [2.75, 3.05) is 20.8 Å². The van der Waals surface area contributed by atoms with E-state index in [1.54, 1.807) is 13.2 Å². The topological polar surface area (TPSA) is 56.8 Å². The Balaban J connectivity index is 2.84. The minimum atomic E-state index is -0.735. The molecular weight excluding hydrogens is 294 g/mol. The molecule has 2 atom stereocenters. The van der Waals surface area contributed by atoms with Crippen molar-refractivity contribution in [3.8, 4) is 0 Å². The smallest absolute Gasteiger partial charge is 0.323 e. The first-order valence-electron chi connectivity index (χ1n) is 7.63. The Morgan fingerprint density at radius 3 is 2.48 bits per heavy atom. The van der Waals surface area contributed by atoms with Crippen LogP contribution in [0.25, 0.3) is 0 Å². The van der Waals surface area contributed by atoms with Crippen LogP contribution in [-0.4, -0.2) is 38.6 Å². The monoisotopic (exact) mass is 321 g/mol. The van der Waals surface area contributed by atoms with Gasteiger partial charge in [0.05, 0.1) is 13.2 Å². The minimum absolute atomic E-state index is 0.261. The highest BCUT2D eigenvalue weighted by Crippen LogP contribution is 2.24. The molecule has 0 amide bonds. The predicted molar refractivity (Wildman–Crippen MR) is 90.0 cm³/mol. The molecule has 1 N–H and O–H groups in total. The molecule has 0 bridgehead atoms. The van der Waals surface area contributed by atoms with Crippen molar-refractivity contribution in [3.63, 3.8) is 0 Å². The summed E-state index contributed by atoms with van der Waals surface area (Å²) in [5.74, 6) is -1.05. The minimum Gasteiger partial charge on any atom is -0.468 e. The number of carbonyl (C=O) groups excluding carboxylic acids is 1. The molecule has 0 heterocycles. The lowest BCUT2D eigenvalue weighted by molar-refractivity contribution is -0.224. The van der Waals surface area contributed by atoms with Gasteiger partial charge < -0.3 is 19.5 Å². The summed E-state index contributed by atoms with van der Waals surface area (Å²) >= 11 is 0. The molecule has 0 saturated carbocycles. The maximum atomic E-state index is 11.8. The summed E-state index contributed by atoms with van der Waals surface area (Å²) in [4.78, 5) is 11.8. The van der Waals surface area contributed by atoms with Crippen molar-refractivity contribution in [3.05, 3.63) is 48.6 Å². The van der Waals surface area contributed by atoms with Crippen molar-refractivity contribution < 1.29 is 19.0 Å². The zero-order valence-electron chi connectivity index (χ0n) is 14.4. The summed E-state index contributed by atoms with van der Waals surface area (Å²) in [6.45, 7) is 7.83. The number of carbonyl (C=O) groups is 1. The quantitative estimate of drug-likeness (QED) is 0.408. The van der Waals surface area contributed by atoms with Crippen LogP contribution in [0.5, 0.6) is 0 Å². The normalized spacial score (nSPS) is 14.1. The Morgan fingerprint density at radius 2 is 1.96 bits per heavy atom. The third-order valence-corrected chi connectivity index (χ3v) is 3.53. The Bertz CT molecular complexity index is 487. The first kappa shape index (κ1) is 19.4. The fourth-order valence-electron chi connectivity index (χ4n) is 2.11. The van der Waals surface area contributed by atoms with Crippen LogP contribution < -0.4 is 5.32 Å². The second-order valence-corrected chi connectivity index (χ2v) is 5.63. The number of nitrogens with one attached hydrogen (secondary N) is 1. The first-order chi connectivity index (χ1) is 10.9. The summed E-state index contributed by atoms with van der Waals surface area (Å²) in [5.41, 5.74) is 1.01. The van der Waals surface area contributed by atoms with Gasteiger partial charge in [-0.15, -0.1) is 6.58 Å². The van der Waals surface area contributed by atoms with E-state index in [9.17, 15) is 4.79 Å². The van der Waals surface area contributed by atoms with Gasteiger partial charge in [-0.2, -0.15) is 0 Å². The molecule has 0 aromatic heterocycles. The lowest BCUT2D eigenvalue weighted by atomic mass is 10.1. The van der Waals surface area contributed by atoms with Crippen LogP contribution in [0.2, 0.25) is 0 Å². The van der Waals surface area contributed by atoms with Gasteiger partial charge in [0.1, 0.15) is 6.04 Å². The Kier molecular flexibility index (Phi) is 7.95. The van der Waals surface area contributed by atoms with E-state index in [2.05, 4.69) is 11.9 Å². The molecule has 23 heavy (non-hydrogen) atoms. The Morgan fingerprint density at radius 1 is 1.30 bits per heavy atom. The molecule has 0 unspecified atom stereocenters. The van der Waals surface area contributed by atoms with E-state index >= 15 is 0 Å². The van der Waals surface area contributed by atoms with E-state index in [1.807, 2.05) is 44.2 Å². The van der Waals surface area contributed by atoms with Gasteiger partial charge in [0.15, 0.2) is 5.79 Å². The highest BCUT2D eigenvalue weighted by molar-refractivity contribution is 5.75. The fourth-order valence-corrected chi connectivity index (χ4v) is 2.11. The van der Waals surface area contributed by atoms with E-state index in [0.717, 1.165) is 5.56 Å². The second kappa shape index (κ2) is 9.45. The van der Waals surface area contributed by atoms with E-state index in [4.69, 9.17) is 14.2 Å². The van der Waals surface area contributed by atoms with Gasteiger partial charge in [0.2, 0.25) is 0 Å². The number of hydrogen-bond donors (Lipinski definition) is 1. The molecule has 1 aromatic rings. The van der Waals surface area contributed by atoms with Gasteiger partial charge in [-0.25, -0.2) is 0 Å². The fraction of sp³-hybridized carbons (Fsp3) is 0.500. The molecule has 5 nitrogen and oxygen atoms in total. The lowest BCUT2D eigenvalue weighted by Crippen LogP contribution is -2.41. The highest BCUT2D eigenvalue weighted by Gasteiger charge is 2.26. The van der Waals surface area contributed by atoms with Crippen LogP contribution in [0.15, 0.2) is 43.0 Å². The average molecular weight is 321 g/mol. The largest absolute Gasteiger partial charge is 0.468 e. The van der Waals surface area contributed by atoms with Gasteiger partial charge >= 0.3 is 5.97 Å². The summed E-state index contributed by atoms with van der Waals surface area (Å²) in [5, 5.41) is 3.19. The SMILES string of the molecule is C=CC[C@H](NC[C@H](OC(C)(C)OC)c1ccccc1)C(=O)OC. The average Bonchev–Trinajstić information content (AvgIpc) is 2.57. The van der Waals surface area contributed by atoms with Crippen molar-refractivity contribution in [2.45, 2.75) is 38.2 Å². The maximum absolute atomic E-state index is 11.8. The van der Waals surface area contributed by atoms with Crippen LogP contribution in [-0.2, 0) is 19.0 Å². The van der Waals surface area contributed by atoms with Crippen molar-refractivity contribution in [2.24, 2.45) is 0 Å². The van der Waals surface area contributed by atoms with Gasteiger partial charge in [-0.1, -0.05) is 36.4 Å². The van der Waals surface area contributed by atoms with Crippen molar-refractivity contribution in [1.29, 1.82) is 0 Å². The van der Waals surface area contributed by atoms with E-state index in [-0.39, 0.29) is 12.1 Å². The lowest BCUT2D eigenvalue weighted by Gasteiger charge is -2.31. The molecule has 0 aliphatic rings. The van der Waals surface area contributed by atoms with Gasteiger partial charge in [0.25, 0.3) is 0 Å². The highest BCUT2D eigenvalue weighted by atomic mass is 16.7. The Hall–Kier alpha value is -1.69. The standard InChI is InChI=1S/C18H27NO4/c1-6-10-15(17(20)21-4)19-13-16(23-18(2,3)22-5)14-11-8-7-9-12-14/h6-9,11-12,15-16,19H,1,10,13H2,2-5H3/t15-,16-/m0/s1. The molecule has 0 fully saturated rings. The van der Waals surface area contributed by atoms with Crippen molar-refractivity contribution in [1.82, 2.24) is 5.32 Å². The molecule has 1 rings (SSSR count). The first-order valence-corrected chi connectivity index (χ1v) is 7.63. The molecule has 0 radical (unpaired) electrons. The number of rotatable bonds is 10. The van der Waals surface area contributed by atoms with E-state index in [0.29, 0.717) is 13.0 Å². The molecular formula is C18H27NO4. The molecule has 0 aliphatic heterocycles. The summed E-state index contributed by atoms with van der Waals surface area (Å²) in [6.07, 6.45) is 1.91. The number of methoxy groups -OCH3 is 2. The van der Waals surface area contributed by atoms with E-state index < -0.39 is 11.8 Å². The molecule has 0 aliphatic carbocycles. The second-order valence-electron chi connectivity index (χ2n) is 5.63. The third-order valence-electron chi connectivity index (χ3n) is 3.53. The third kappa shape index (κ3) is 6.52. The van der Waals surface area contributed by atoms with Crippen LogP contribution in [0.3, 0.4) is 0 Å². The number of esters is 1. The summed E-state index contributed by atoms with van der Waals surface area (Å²) in [7, 11) is 2.98. The maximum Gasteiger partial charge on any atom is 0.323 e. The van der Waals surface area contributed by atoms with Gasteiger partial charge in [-0.05, 0) is 25.8 Å². The molecule has 128 valence electrons. The summed E-state index contributed by atoms with van der Waals surface area (Å²) in [6, 6.07) is 9.38. The van der Waals surface area contributed by atoms with Crippen LogP contribution in [0.4, 0.5) is 0 Å². The zero-order chi connectivity index (χ0) is 17.3. The molecule has 1 aromatic carbocycles. The van der Waals surface area contributed by atoms with E-state index in [1.165, 1.54) is 7.11 Å². The number of hydrogen-bond acceptors (Lipinski definition) is 5. The summed E-state index contributed by atoms with van der Waals surface area (Å²) < 4.78 is 16.2. The van der Waals surface area contributed by atoms with Crippen LogP contribution >= 0.6 is 0 Å². The van der Waals surface area contributed by atoms with Crippen molar-refractivity contribution >= 4 is 5.97 Å². The van der Waals surface area contributed by atoms with Crippen LogP contribution in [0, 0.1) is 0 Å². The number of benzene rings is 1. The Labute approximate surface area is 138 Å². The van der Waals surface area contributed by atoms with Gasteiger partial charge in [0, 0.05) is 13.7 Å². The molecule has 0 spiro atoms. The molecule has 0 saturated heterocycles.